The lowest BCUT2D eigenvalue weighted by Crippen LogP contribution is -2.07. The first kappa shape index (κ1) is 17.4. The Kier molecular flexibility index (Phi) is 5.08. The summed E-state index contributed by atoms with van der Waals surface area (Å²) in [6.45, 7) is 0.347. The van der Waals surface area contributed by atoms with Crippen molar-refractivity contribution >= 4 is 16.6 Å². The molecule has 28 heavy (non-hydrogen) atoms. The summed E-state index contributed by atoms with van der Waals surface area (Å²) in [5, 5.41) is 14.9. The van der Waals surface area contributed by atoms with E-state index in [0.29, 0.717) is 17.9 Å². The number of nitriles is 1. The third kappa shape index (κ3) is 3.74. The summed E-state index contributed by atoms with van der Waals surface area (Å²) >= 11 is 0. The van der Waals surface area contributed by atoms with Gasteiger partial charge in [0.15, 0.2) is 0 Å². The molecule has 0 unspecified atom stereocenters. The highest BCUT2D eigenvalue weighted by Crippen LogP contribution is 2.19. The Bertz CT molecular complexity index is 1180. The molecule has 0 N–H and O–H groups in total. The SMILES string of the molecule is N#Cc1ccccc1C(=NOCc1ccccc1)c1cnc2ccccc2c1. The molecular weight excluding hydrogens is 346 g/mol. The number of benzene rings is 3. The number of pyridine rings is 1. The van der Waals surface area contributed by atoms with Crippen LogP contribution < -0.4 is 0 Å². The highest BCUT2D eigenvalue weighted by Gasteiger charge is 2.14. The van der Waals surface area contributed by atoms with Crippen LogP contribution in [0.25, 0.3) is 10.9 Å². The Morgan fingerprint density at radius 3 is 2.54 bits per heavy atom. The van der Waals surface area contributed by atoms with Crippen LogP contribution in [0.3, 0.4) is 0 Å². The number of hydrogen-bond donors (Lipinski definition) is 0. The first-order valence-corrected chi connectivity index (χ1v) is 8.94. The Morgan fingerprint density at radius 2 is 1.68 bits per heavy atom. The highest BCUT2D eigenvalue weighted by atomic mass is 16.6. The molecule has 0 aliphatic carbocycles. The summed E-state index contributed by atoms with van der Waals surface area (Å²) in [7, 11) is 0. The number of hydrogen-bond acceptors (Lipinski definition) is 4. The molecular formula is C24H17N3O. The van der Waals surface area contributed by atoms with Gasteiger partial charge in [-0.25, -0.2) is 0 Å². The molecule has 4 nitrogen and oxygen atoms in total. The number of para-hydroxylation sites is 1. The molecule has 0 bridgehead atoms. The van der Waals surface area contributed by atoms with E-state index in [2.05, 4.69) is 16.2 Å². The van der Waals surface area contributed by atoms with E-state index in [0.717, 1.165) is 27.6 Å². The predicted octanol–water partition coefficient (Wildman–Crippen LogP) is 5.08. The van der Waals surface area contributed by atoms with E-state index < -0.39 is 0 Å². The smallest absolute Gasteiger partial charge is 0.142 e. The molecule has 0 fully saturated rings. The van der Waals surface area contributed by atoms with Crippen LogP contribution in [0.15, 0.2) is 96.3 Å². The van der Waals surface area contributed by atoms with Crippen molar-refractivity contribution in [3.8, 4) is 6.07 Å². The fourth-order valence-corrected chi connectivity index (χ4v) is 2.99. The number of fused-ring (bicyclic) bond motifs is 1. The van der Waals surface area contributed by atoms with Gasteiger partial charge in [0.1, 0.15) is 12.3 Å². The minimum Gasteiger partial charge on any atom is -0.390 e. The van der Waals surface area contributed by atoms with Gasteiger partial charge in [-0.05, 0) is 23.8 Å². The summed E-state index contributed by atoms with van der Waals surface area (Å²) < 4.78 is 0. The van der Waals surface area contributed by atoms with E-state index in [-0.39, 0.29) is 0 Å². The molecule has 134 valence electrons. The zero-order valence-electron chi connectivity index (χ0n) is 15.1. The van der Waals surface area contributed by atoms with Crippen LogP contribution in [0.4, 0.5) is 0 Å². The molecule has 0 aliphatic rings. The van der Waals surface area contributed by atoms with Gasteiger partial charge in [-0.15, -0.1) is 0 Å². The Hall–Kier alpha value is -3.97. The molecule has 0 atom stereocenters. The van der Waals surface area contributed by atoms with Gasteiger partial charge in [0, 0.05) is 22.7 Å². The molecule has 0 radical (unpaired) electrons. The molecule has 0 aliphatic heterocycles. The van der Waals surface area contributed by atoms with Gasteiger partial charge in [-0.1, -0.05) is 71.9 Å². The van der Waals surface area contributed by atoms with Crippen LogP contribution >= 0.6 is 0 Å². The van der Waals surface area contributed by atoms with E-state index in [9.17, 15) is 5.26 Å². The Morgan fingerprint density at radius 1 is 0.929 bits per heavy atom. The molecule has 1 aromatic heterocycles. The Labute approximate surface area is 163 Å². The third-order valence-electron chi connectivity index (χ3n) is 4.40. The van der Waals surface area contributed by atoms with Crippen LogP contribution in [0.2, 0.25) is 0 Å². The highest BCUT2D eigenvalue weighted by molar-refractivity contribution is 6.14. The van der Waals surface area contributed by atoms with Crippen molar-refractivity contribution in [3.05, 3.63) is 113 Å². The van der Waals surface area contributed by atoms with Crippen LogP contribution in [-0.4, -0.2) is 10.7 Å². The summed E-state index contributed by atoms with van der Waals surface area (Å²) in [5.74, 6) is 0. The van der Waals surface area contributed by atoms with E-state index in [1.807, 2.05) is 78.9 Å². The van der Waals surface area contributed by atoms with Crippen molar-refractivity contribution in [3.63, 3.8) is 0 Å². The zero-order valence-corrected chi connectivity index (χ0v) is 15.1. The van der Waals surface area contributed by atoms with Crippen LogP contribution in [0, 0.1) is 11.3 Å². The number of aromatic nitrogens is 1. The van der Waals surface area contributed by atoms with E-state index in [1.54, 1.807) is 12.3 Å². The minimum absolute atomic E-state index is 0.347. The molecule has 3 aromatic carbocycles. The topological polar surface area (TPSA) is 58.3 Å². The normalized spacial score (nSPS) is 11.2. The molecule has 0 amide bonds. The van der Waals surface area contributed by atoms with Crippen LogP contribution in [0.1, 0.15) is 22.3 Å². The van der Waals surface area contributed by atoms with Gasteiger partial charge in [0.25, 0.3) is 0 Å². The largest absolute Gasteiger partial charge is 0.390 e. The number of nitrogens with zero attached hydrogens (tertiary/aromatic N) is 3. The maximum atomic E-state index is 9.53. The van der Waals surface area contributed by atoms with Gasteiger partial charge in [-0.3, -0.25) is 4.98 Å². The summed E-state index contributed by atoms with van der Waals surface area (Å²) in [4.78, 5) is 10.2. The van der Waals surface area contributed by atoms with Gasteiger partial charge in [0.2, 0.25) is 0 Å². The average Bonchev–Trinajstić information content (AvgIpc) is 2.77. The fourth-order valence-electron chi connectivity index (χ4n) is 2.99. The van der Waals surface area contributed by atoms with Crippen molar-refractivity contribution in [2.45, 2.75) is 6.61 Å². The summed E-state index contributed by atoms with van der Waals surface area (Å²) in [6, 6.07) is 29.4. The standard InChI is InChI=1S/C24H17N3O/c25-15-20-11-4-6-12-22(20)24(27-28-17-18-8-2-1-3-9-18)21-14-19-10-5-7-13-23(19)26-16-21/h1-14,16H,17H2. The van der Waals surface area contributed by atoms with Crippen molar-refractivity contribution < 1.29 is 4.84 Å². The summed E-state index contributed by atoms with van der Waals surface area (Å²) in [6.07, 6.45) is 1.77. The van der Waals surface area contributed by atoms with Crippen molar-refractivity contribution in [2.75, 3.05) is 0 Å². The second-order valence-corrected chi connectivity index (χ2v) is 6.27. The minimum atomic E-state index is 0.347. The number of rotatable bonds is 5. The molecule has 1 heterocycles. The lowest BCUT2D eigenvalue weighted by atomic mass is 9.98. The van der Waals surface area contributed by atoms with E-state index in [4.69, 9.17) is 4.84 Å². The maximum Gasteiger partial charge on any atom is 0.142 e. The van der Waals surface area contributed by atoms with Crippen LogP contribution in [0.5, 0.6) is 0 Å². The molecule has 0 saturated carbocycles. The average molecular weight is 363 g/mol. The van der Waals surface area contributed by atoms with Crippen molar-refractivity contribution in [2.24, 2.45) is 5.16 Å². The van der Waals surface area contributed by atoms with Gasteiger partial charge in [0.05, 0.1) is 17.1 Å². The van der Waals surface area contributed by atoms with Crippen LogP contribution in [-0.2, 0) is 11.4 Å². The van der Waals surface area contributed by atoms with Gasteiger partial charge in [-0.2, -0.15) is 5.26 Å². The third-order valence-corrected chi connectivity index (χ3v) is 4.40. The van der Waals surface area contributed by atoms with Gasteiger partial charge >= 0.3 is 0 Å². The quantitative estimate of drug-likeness (QED) is 0.367. The molecule has 4 rings (SSSR count). The molecule has 0 spiro atoms. The number of oxime groups is 1. The first-order chi connectivity index (χ1) is 13.8. The lowest BCUT2D eigenvalue weighted by Gasteiger charge is -2.10. The van der Waals surface area contributed by atoms with Gasteiger partial charge < -0.3 is 4.84 Å². The maximum absolute atomic E-state index is 9.53. The van der Waals surface area contributed by atoms with E-state index in [1.165, 1.54) is 0 Å². The molecule has 4 aromatic rings. The zero-order chi connectivity index (χ0) is 19.2. The van der Waals surface area contributed by atoms with Crippen molar-refractivity contribution in [1.82, 2.24) is 4.98 Å². The van der Waals surface area contributed by atoms with Crippen molar-refractivity contribution in [1.29, 1.82) is 5.26 Å². The predicted molar refractivity (Wildman–Crippen MR) is 110 cm³/mol. The first-order valence-electron chi connectivity index (χ1n) is 8.94. The monoisotopic (exact) mass is 363 g/mol. The lowest BCUT2D eigenvalue weighted by molar-refractivity contribution is 0.131. The second kappa shape index (κ2) is 8.15. The second-order valence-electron chi connectivity index (χ2n) is 6.27. The van der Waals surface area contributed by atoms with E-state index >= 15 is 0 Å². The fraction of sp³-hybridized carbons (Fsp3) is 0.0417. The molecule has 0 saturated heterocycles. The molecule has 4 heteroatoms. The summed E-state index contributed by atoms with van der Waals surface area (Å²) in [5.41, 5.74) is 4.58. The Balaban J connectivity index is 1.76.